The Balaban J connectivity index is 2.43. The summed E-state index contributed by atoms with van der Waals surface area (Å²) in [5, 5.41) is 0.949. The molecule has 1 heterocycles. The molecule has 0 radical (unpaired) electrons. The first-order valence-electron chi connectivity index (χ1n) is 4.75. The van der Waals surface area contributed by atoms with E-state index in [1.807, 2.05) is 0 Å². The predicted octanol–water partition coefficient (Wildman–Crippen LogP) is 2.39. The first kappa shape index (κ1) is 13.1. The van der Waals surface area contributed by atoms with E-state index in [-0.39, 0.29) is 16.7 Å². The average Bonchev–Trinajstić information content (AvgIpc) is 2.25. The van der Waals surface area contributed by atoms with Gasteiger partial charge in [-0.15, -0.1) is 0 Å². The van der Waals surface area contributed by atoms with Crippen molar-refractivity contribution in [1.29, 1.82) is 0 Å². The fourth-order valence-electron chi connectivity index (χ4n) is 1.26. The van der Waals surface area contributed by atoms with Gasteiger partial charge < -0.3 is 11.5 Å². The normalized spacial score (nSPS) is 10.6. The number of benzene rings is 1. The Kier molecular flexibility index (Phi) is 3.70. The molecule has 0 fully saturated rings. The van der Waals surface area contributed by atoms with E-state index in [2.05, 4.69) is 9.97 Å². The number of aromatic nitrogens is 2. The fourth-order valence-corrected chi connectivity index (χ4v) is 2.60. The minimum Gasteiger partial charge on any atom is -0.382 e. The standard InChI is InChI=1S/C10H8Cl2N4OS/c11-4-1-2-6(5(12)3-4)18-7-8(13)15-10(14)16-9(7)17/h1-3H,(H5,13,14,15,16,17). The number of hydrogen-bond donors (Lipinski definition) is 3. The van der Waals surface area contributed by atoms with Gasteiger partial charge in [-0.05, 0) is 18.2 Å². The van der Waals surface area contributed by atoms with Crippen molar-refractivity contribution in [2.75, 3.05) is 11.5 Å². The lowest BCUT2D eigenvalue weighted by Gasteiger charge is -2.06. The highest BCUT2D eigenvalue weighted by Gasteiger charge is 2.12. The monoisotopic (exact) mass is 302 g/mol. The summed E-state index contributed by atoms with van der Waals surface area (Å²) in [6.07, 6.45) is 0. The second-order valence-electron chi connectivity index (χ2n) is 3.34. The lowest BCUT2D eigenvalue weighted by atomic mass is 10.4. The molecule has 5 N–H and O–H groups in total. The van der Waals surface area contributed by atoms with E-state index in [9.17, 15) is 4.79 Å². The number of aromatic amines is 1. The second kappa shape index (κ2) is 5.09. The molecule has 8 heteroatoms. The van der Waals surface area contributed by atoms with Gasteiger partial charge in [0.2, 0.25) is 5.95 Å². The number of nitrogen functional groups attached to an aromatic ring is 2. The largest absolute Gasteiger partial charge is 0.382 e. The van der Waals surface area contributed by atoms with E-state index in [1.54, 1.807) is 18.2 Å². The van der Waals surface area contributed by atoms with Crippen LogP contribution in [0.25, 0.3) is 0 Å². The van der Waals surface area contributed by atoms with Crippen molar-refractivity contribution >= 4 is 46.7 Å². The van der Waals surface area contributed by atoms with Gasteiger partial charge in [0, 0.05) is 9.92 Å². The highest BCUT2D eigenvalue weighted by atomic mass is 35.5. The Morgan fingerprint density at radius 2 is 2.00 bits per heavy atom. The molecule has 0 aliphatic heterocycles. The average molecular weight is 303 g/mol. The van der Waals surface area contributed by atoms with Crippen molar-refractivity contribution < 1.29 is 0 Å². The zero-order valence-electron chi connectivity index (χ0n) is 8.91. The molecule has 0 saturated carbocycles. The minimum atomic E-state index is -0.406. The SMILES string of the molecule is Nc1nc(N)c(Sc2ccc(Cl)cc2Cl)c(=O)[nH]1. The number of nitrogens with one attached hydrogen (secondary N) is 1. The van der Waals surface area contributed by atoms with Crippen LogP contribution in [0, 0.1) is 0 Å². The van der Waals surface area contributed by atoms with E-state index in [0.29, 0.717) is 14.9 Å². The van der Waals surface area contributed by atoms with Crippen LogP contribution in [-0.2, 0) is 0 Å². The molecule has 1 aromatic heterocycles. The van der Waals surface area contributed by atoms with Gasteiger partial charge in [-0.2, -0.15) is 4.98 Å². The Labute approximate surface area is 116 Å². The molecular formula is C10H8Cl2N4OS. The molecule has 2 aromatic rings. The number of hydrogen-bond acceptors (Lipinski definition) is 5. The summed E-state index contributed by atoms with van der Waals surface area (Å²) >= 11 is 12.9. The quantitative estimate of drug-likeness (QED) is 0.791. The van der Waals surface area contributed by atoms with Crippen LogP contribution in [-0.4, -0.2) is 9.97 Å². The smallest absolute Gasteiger partial charge is 0.268 e. The maximum absolute atomic E-state index is 11.7. The van der Waals surface area contributed by atoms with Crippen LogP contribution in [0.3, 0.4) is 0 Å². The van der Waals surface area contributed by atoms with E-state index in [1.165, 1.54) is 0 Å². The third kappa shape index (κ3) is 2.72. The first-order valence-corrected chi connectivity index (χ1v) is 6.33. The van der Waals surface area contributed by atoms with Crippen molar-refractivity contribution in [2.24, 2.45) is 0 Å². The number of nitrogens with zero attached hydrogens (tertiary/aromatic N) is 1. The molecule has 0 spiro atoms. The van der Waals surface area contributed by atoms with E-state index in [4.69, 9.17) is 34.7 Å². The molecule has 0 atom stereocenters. The van der Waals surface area contributed by atoms with Gasteiger partial charge in [-0.3, -0.25) is 9.78 Å². The van der Waals surface area contributed by atoms with Crippen molar-refractivity contribution in [3.8, 4) is 0 Å². The zero-order valence-corrected chi connectivity index (χ0v) is 11.2. The number of anilines is 2. The molecule has 1 aromatic carbocycles. The van der Waals surface area contributed by atoms with Gasteiger partial charge in [0.15, 0.2) is 0 Å². The predicted molar refractivity (Wildman–Crippen MR) is 74.3 cm³/mol. The lowest BCUT2D eigenvalue weighted by molar-refractivity contribution is 1.07. The first-order chi connectivity index (χ1) is 8.47. The summed E-state index contributed by atoms with van der Waals surface area (Å²) in [5.41, 5.74) is 10.6. The maximum Gasteiger partial charge on any atom is 0.268 e. The zero-order chi connectivity index (χ0) is 13.3. The number of nitrogens with two attached hydrogens (primary N) is 2. The van der Waals surface area contributed by atoms with Crippen LogP contribution in [0.4, 0.5) is 11.8 Å². The van der Waals surface area contributed by atoms with Crippen LogP contribution in [0.5, 0.6) is 0 Å². The van der Waals surface area contributed by atoms with Gasteiger partial charge in [0.05, 0.1) is 5.02 Å². The van der Waals surface area contributed by atoms with Gasteiger partial charge in [0.25, 0.3) is 5.56 Å². The number of H-pyrrole nitrogens is 1. The summed E-state index contributed by atoms with van der Waals surface area (Å²) in [6, 6.07) is 4.95. The summed E-state index contributed by atoms with van der Waals surface area (Å²) in [5.74, 6) is 0.0383. The number of halogens is 2. The number of rotatable bonds is 2. The fraction of sp³-hybridized carbons (Fsp3) is 0. The van der Waals surface area contributed by atoms with Gasteiger partial charge in [-0.1, -0.05) is 35.0 Å². The van der Waals surface area contributed by atoms with Crippen LogP contribution < -0.4 is 17.0 Å². The van der Waals surface area contributed by atoms with Crippen LogP contribution in [0.1, 0.15) is 0 Å². The van der Waals surface area contributed by atoms with Crippen LogP contribution in [0.15, 0.2) is 32.8 Å². The Morgan fingerprint density at radius 3 is 2.61 bits per heavy atom. The van der Waals surface area contributed by atoms with E-state index >= 15 is 0 Å². The maximum atomic E-state index is 11.7. The van der Waals surface area contributed by atoms with Crippen LogP contribution >= 0.6 is 35.0 Å². The molecule has 5 nitrogen and oxygen atoms in total. The van der Waals surface area contributed by atoms with Crippen molar-refractivity contribution in [1.82, 2.24) is 9.97 Å². The molecule has 18 heavy (non-hydrogen) atoms. The summed E-state index contributed by atoms with van der Waals surface area (Å²) < 4.78 is 0. The topological polar surface area (TPSA) is 97.8 Å². The molecule has 0 bridgehead atoms. The van der Waals surface area contributed by atoms with Gasteiger partial charge in [0.1, 0.15) is 10.7 Å². The molecule has 0 saturated heterocycles. The third-order valence-electron chi connectivity index (χ3n) is 2.03. The lowest BCUT2D eigenvalue weighted by Crippen LogP contribution is -2.15. The van der Waals surface area contributed by atoms with Gasteiger partial charge in [-0.25, -0.2) is 0 Å². The highest BCUT2D eigenvalue weighted by molar-refractivity contribution is 7.99. The Bertz CT molecular complexity index is 659. The third-order valence-corrected chi connectivity index (χ3v) is 3.86. The van der Waals surface area contributed by atoms with Crippen LogP contribution in [0.2, 0.25) is 10.0 Å². The summed E-state index contributed by atoms with van der Waals surface area (Å²) in [7, 11) is 0. The molecule has 0 unspecified atom stereocenters. The molecule has 2 rings (SSSR count). The summed E-state index contributed by atoms with van der Waals surface area (Å²) in [4.78, 5) is 18.8. The van der Waals surface area contributed by atoms with Crippen molar-refractivity contribution in [3.63, 3.8) is 0 Å². The van der Waals surface area contributed by atoms with Gasteiger partial charge >= 0.3 is 0 Å². The molecule has 0 aliphatic rings. The molecule has 0 aliphatic carbocycles. The summed E-state index contributed by atoms with van der Waals surface area (Å²) in [6.45, 7) is 0. The molecular weight excluding hydrogens is 295 g/mol. The Morgan fingerprint density at radius 1 is 1.28 bits per heavy atom. The van der Waals surface area contributed by atoms with E-state index in [0.717, 1.165) is 11.8 Å². The molecule has 0 amide bonds. The second-order valence-corrected chi connectivity index (χ2v) is 5.24. The highest BCUT2D eigenvalue weighted by Crippen LogP contribution is 2.34. The van der Waals surface area contributed by atoms with E-state index < -0.39 is 5.56 Å². The van der Waals surface area contributed by atoms with Crippen molar-refractivity contribution in [2.45, 2.75) is 9.79 Å². The minimum absolute atomic E-state index is 0.0240. The van der Waals surface area contributed by atoms with Crippen molar-refractivity contribution in [3.05, 3.63) is 38.6 Å². The molecule has 94 valence electrons. The Hall–Kier alpha value is -1.37.